The first-order chi connectivity index (χ1) is 15.2. The quantitative estimate of drug-likeness (QED) is 0.664. The van der Waals surface area contributed by atoms with Crippen molar-refractivity contribution in [1.29, 1.82) is 0 Å². The highest BCUT2D eigenvalue weighted by atomic mass is 16.6. The van der Waals surface area contributed by atoms with Crippen LogP contribution in [0.25, 0.3) is 11.3 Å². The lowest BCUT2D eigenvalue weighted by Gasteiger charge is -2.18. The average Bonchev–Trinajstić information content (AvgIpc) is 3.47. The average molecular weight is 418 g/mol. The summed E-state index contributed by atoms with van der Waals surface area (Å²) in [6.45, 7) is 2.16. The zero-order chi connectivity index (χ0) is 21.2. The van der Waals surface area contributed by atoms with E-state index in [1.165, 1.54) is 6.20 Å². The first-order valence-corrected chi connectivity index (χ1v) is 10.3. The van der Waals surface area contributed by atoms with Crippen molar-refractivity contribution >= 4 is 17.5 Å². The molecule has 2 aromatic carbocycles. The number of nitrogens with zero attached hydrogens (tertiary/aromatic N) is 2. The predicted octanol–water partition coefficient (Wildman–Crippen LogP) is 2.90. The van der Waals surface area contributed by atoms with Crippen LogP contribution in [0.2, 0.25) is 0 Å². The topological polar surface area (TPSA) is 96.6 Å². The van der Waals surface area contributed by atoms with Crippen molar-refractivity contribution in [2.75, 3.05) is 24.7 Å². The highest BCUT2D eigenvalue weighted by molar-refractivity contribution is 6.00. The molecule has 8 nitrogen and oxygen atoms in total. The Hall–Kier alpha value is -3.81. The minimum atomic E-state index is -0.225. The summed E-state index contributed by atoms with van der Waals surface area (Å²) in [4.78, 5) is 26.5. The van der Waals surface area contributed by atoms with E-state index in [1.54, 1.807) is 4.90 Å². The Bertz CT molecular complexity index is 1120. The molecule has 31 heavy (non-hydrogen) atoms. The van der Waals surface area contributed by atoms with E-state index in [9.17, 15) is 9.59 Å². The Kier molecular flexibility index (Phi) is 5.03. The second kappa shape index (κ2) is 8.14. The second-order valence-electron chi connectivity index (χ2n) is 7.52. The summed E-state index contributed by atoms with van der Waals surface area (Å²) >= 11 is 0. The van der Waals surface area contributed by atoms with Crippen LogP contribution in [0.15, 0.2) is 48.7 Å². The third-order valence-electron chi connectivity index (χ3n) is 5.49. The summed E-state index contributed by atoms with van der Waals surface area (Å²) in [5.41, 5.74) is 3.72. The highest BCUT2D eigenvalue weighted by Gasteiger charge is 2.22. The number of benzene rings is 2. The fourth-order valence-corrected chi connectivity index (χ4v) is 3.87. The van der Waals surface area contributed by atoms with Gasteiger partial charge < -0.3 is 19.7 Å². The molecule has 0 bridgehead atoms. The molecule has 2 N–H and O–H groups in total. The molecule has 1 fully saturated rings. The Morgan fingerprint density at radius 3 is 2.68 bits per heavy atom. The highest BCUT2D eigenvalue weighted by Crippen LogP contribution is 2.34. The first-order valence-electron chi connectivity index (χ1n) is 10.3. The minimum Gasteiger partial charge on any atom is -0.486 e. The zero-order valence-electron chi connectivity index (χ0n) is 16.9. The van der Waals surface area contributed by atoms with Crippen LogP contribution in [0.3, 0.4) is 0 Å². The van der Waals surface area contributed by atoms with Crippen LogP contribution in [-0.4, -0.2) is 41.8 Å². The first kappa shape index (κ1) is 19.2. The minimum absolute atomic E-state index is 0.160. The molecule has 2 aliphatic heterocycles. The number of fused-ring (bicyclic) bond motifs is 1. The summed E-state index contributed by atoms with van der Waals surface area (Å²) < 4.78 is 11.2. The number of nitrogens with one attached hydrogen (secondary N) is 2. The van der Waals surface area contributed by atoms with Crippen molar-refractivity contribution in [3.8, 4) is 22.8 Å². The van der Waals surface area contributed by atoms with Gasteiger partial charge in [0.05, 0.1) is 17.5 Å². The van der Waals surface area contributed by atoms with Gasteiger partial charge in [-0.3, -0.25) is 14.7 Å². The molecule has 0 unspecified atom stereocenters. The number of rotatable bonds is 5. The number of anilines is 1. The number of H-pyrrole nitrogens is 1. The number of amides is 2. The normalized spacial score (nSPS) is 15.2. The summed E-state index contributed by atoms with van der Waals surface area (Å²) in [6.07, 6.45) is 3.02. The molecule has 5 rings (SSSR count). The molecule has 2 amide bonds. The van der Waals surface area contributed by atoms with Gasteiger partial charge in [0.1, 0.15) is 13.2 Å². The number of hydrogen-bond acceptors (Lipinski definition) is 5. The lowest BCUT2D eigenvalue weighted by atomic mass is 10.1. The van der Waals surface area contributed by atoms with Crippen LogP contribution >= 0.6 is 0 Å². The van der Waals surface area contributed by atoms with Gasteiger partial charge >= 0.3 is 0 Å². The summed E-state index contributed by atoms with van der Waals surface area (Å²) in [6, 6.07) is 13.2. The van der Waals surface area contributed by atoms with E-state index in [1.807, 2.05) is 42.5 Å². The van der Waals surface area contributed by atoms with Crippen LogP contribution in [-0.2, 0) is 11.3 Å². The van der Waals surface area contributed by atoms with Gasteiger partial charge in [0.2, 0.25) is 5.91 Å². The zero-order valence-corrected chi connectivity index (χ0v) is 16.9. The third-order valence-corrected chi connectivity index (χ3v) is 5.49. The Labute approximate surface area is 179 Å². The van der Waals surface area contributed by atoms with Crippen LogP contribution < -0.4 is 19.7 Å². The number of hydrogen-bond donors (Lipinski definition) is 2. The van der Waals surface area contributed by atoms with E-state index in [4.69, 9.17) is 9.47 Å². The molecule has 3 heterocycles. The van der Waals surface area contributed by atoms with Gasteiger partial charge in [0, 0.05) is 30.8 Å². The van der Waals surface area contributed by atoms with Gasteiger partial charge in [-0.05, 0) is 42.3 Å². The lowest BCUT2D eigenvalue weighted by Crippen LogP contribution is -2.24. The largest absolute Gasteiger partial charge is 0.486 e. The Balaban J connectivity index is 1.27. The fourth-order valence-electron chi connectivity index (χ4n) is 3.87. The molecular weight excluding hydrogens is 396 g/mol. The predicted molar refractivity (Wildman–Crippen MR) is 114 cm³/mol. The molecule has 1 aromatic heterocycles. The van der Waals surface area contributed by atoms with Crippen molar-refractivity contribution in [3.63, 3.8) is 0 Å². The molecule has 0 radical (unpaired) electrons. The molecule has 0 spiro atoms. The van der Waals surface area contributed by atoms with Crippen molar-refractivity contribution in [2.24, 2.45) is 0 Å². The summed E-state index contributed by atoms with van der Waals surface area (Å²) in [5.74, 6) is 1.28. The van der Waals surface area contributed by atoms with Gasteiger partial charge in [-0.15, -0.1) is 0 Å². The molecule has 2 aliphatic rings. The van der Waals surface area contributed by atoms with Gasteiger partial charge in [-0.2, -0.15) is 5.10 Å². The summed E-state index contributed by atoms with van der Waals surface area (Å²) in [5, 5.41) is 9.90. The van der Waals surface area contributed by atoms with E-state index in [0.717, 1.165) is 29.8 Å². The maximum absolute atomic E-state index is 12.8. The van der Waals surface area contributed by atoms with E-state index < -0.39 is 0 Å². The summed E-state index contributed by atoms with van der Waals surface area (Å²) in [7, 11) is 0. The Morgan fingerprint density at radius 2 is 1.90 bits per heavy atom. The fraction of sp³-hybridized carbons (Fsp3) is 0.261. The van der Waals surface area contributed by atoms with Crippen molar-refractivity contribution < 1.29 is 19.1 Å². The van der Waals surface area contributed by atoms with Crippen molar-refractivity contribution in [2.45, 2.75) is 19.4 Å². The number of aromatic nitrogens is 2. The van der Waals surface area contributed by atoms with E-state index in [-0.39, 0.29) is 11.8 Å². The smallest absolute Gasteiger partial charge is 0.255 e. The number of carbonyl (C=O) groups is 2. The van der Waals surface area contributed by atoms with E-state index >= 15 is 0 Å². The van der Waals surface area contributed by atoms with Gasteiger partial charge in [0.25, 0.3) is 5.91 Å². The monoisotopic (exact) mass is 418 g/mol. The van der Waals surface area contributed by atoms with Crippen LogP contribution in [0, 0.1) is 0 Å². The maximum atomic E-state index is 12.8. The maximum Gasteiger partial charge on any atom is 0.255 e. The number of aromatic amines is 1. The lowest BCUT2D eigenvalue weighted by molar-refractivity contribution is -0.117. The molecule has 0 saturated carbocycles. The van der Waals surface area contributed by atoms with Gasteiger partial charge in [-0.25, -0.2) is 0 Å². The van der Waals surface area contributed by atoms with E-state index in [2.05, 4.69) is 15.5 Å². The third kappa shape index (κ3) is 3.84. The van der Waals surface area contributed by atoms with Crippen LogP contribution in [0.1, 0.15) is 28.8 Å². The second-order valence-corrected chi connectivity index (χ2v) is 7.52. The van der Waals surface area contributed by atoms with Gasteiger partial charge in [-0.1, -0.05) is 12.1 Å². The standard InChI is InChI=1S/C23H22N4O4/c28-21-2-1-9-27(21)17-6-3-15(4-7-17)13-24-23(29)18-14-25-26-22(18)16-5-8-19-20(12-16)31-11-10-30-19/h3-8,12,14H,1-2,9-11,13H2,(H,24,29)(H,25,26). The molecule has 0 aliphatic carbocycles. The molecule has 158 valence electrons. The molecule has 0 atom stereocenters. The van der Waals surface area contributed by atoms with E-state index in [0.29, 0.717) is 48.9 Å². The Morgan fingerprint density at radius 1 is 1.10 bits per heavy atom. The molecule has 8 heteroatoms. The van der Waals surface area contributed by atoms with Crippen molar-refractivity contribution in [3.05, 3.63) is 59.8 Å². The molecule has 1 saturated heterocycles. The SMILES string of the molecule is O=C(NCc1ccc(N2CCCC2=O)cc1)c1cn[nH]c1-c1ccc2c(c1)OCCO2. The number of carbonyl (C=O) groups excluding carboxylic acids is 2. The number of ether oxygens (including phenoxy) is 2. The van der Waals surface area contributed by atoms with Crippen molar-refractivity contribution in [1.82, 2.24) is 15.5 Å². The van der Waals surface area contributed by atoms with Gasteiger partial charge in [0.15, 0.2) is 11.5 Å². The molecular formula is C23H22N4O4. The van der Waals surface area contributed by atoms with Crippen LogP contribution in [0.4, 0.5) is 5.69 Å². The molecule has 3 aromatic rings. The van der Waals surface area contributed by atoms with Crippen LogP contribution in [0.5, 0.6) is 11.5 Å².